The molecule has 0 aliphatic carbocycles. The number of nitrogens with two attached hydrogens (primary N) is 1. The van der Waals surface area contributed by atoms with Crippen molar-refractivity contribution in [2.24, 2.45) is 5.92 Å². The van der Waals surface area contributed by atoms with Crippen LogP contribution < -0.4 is 15.4 Å². The van der Waals surface area contributed by atoms with Crippen molar-refractivity contribution in [3.8, 4) is 5.88 Å². The predicted octanol–water partition coefficient (Wildman–Crippen LogP) is 2.30. The molecule has 2 unspecified atom stereocenters. The summed E-state index contributed by atoms with van der Waals surface area (Å²) in [5, 5.41) is 0. The van der Waals surface area contributed by atoms with Crippen LogP contribution in [-0.2, 0) is 0 Å². The van der Waals surface area contributed by atoms with Gasteiger partial charge in [0.05, 0.1) is 12.8 Å². The van der Waals surface area contributed by atoms with Gasteiger partial charge in [0.15, 0.2) is 0 Å². The molecular formula is C13H21N3O. The lowest BCUT2D eigenvalue weighted by molar-refractivity contribution is 0.371. The third-order valence-electron chi connectivity index (χ3n) is 3.50. The highest BCUT2D eigenvalue weighted by Gasteiger charge is 2.24. The van der Waals surface area contributed by atoms with E-state index in [1.165, 1.54) is 12.8 Å². The molecule has 0 radical (unpaired) electrons. The summed E-state index contributed by atoms with van der Waals surface area (Å²) >= 11 is 0. The monoisotopic (exact) mass is 235 g/mol. The average Bonchev–Trinajstić information content (AvgIpc) is 2.30. The lowest BCUT2D eigenvalue weighted by atomic mass is 9.93. The van der Waals surface area contributed by atoms with Crippen LogP contribution >= 0.6 is 0 Å². The maximum Gasteiger partial charge on any atom is 0.238 e. The summed E-state index contributed by atoms with van der Waals surface area (Å²) in [6.07, 6.45) is 2.44. The Hall–Kier alpha value is -1.45. The second-order valence-corrected chi connectivity index (χ2v) is 4.94. The first kappa shape index (κ1) is 12.0. The summed E-state index contributed by atoms with van der Waals surface area (Å²) in [5.41, 5.74) is 6.37. The first-order valence-corrected chi connectivity index (χ1v) is 6.19. The van der Waals surface area contributed by atoms with E-state index in [4.69, 9.17) is 10.5 Å². The first-order valence-electron chi connectivity index (χ1n) is 6.19. The molecule has 94 valence electrons. The van der Waals surface area contributed by atoms with Crippen molar-refractivity contribution in [3.05, 3.63) is 12.1 Å². The van der Waals surface area contributed by atoms with E-state index in [1.54, 1.807) is 7.11 Å². The van der Waals surface area contributed by atoms with Crippen LogP contribution in [0.15, 0.2) is 12.1 Å². The Morgan fingerprint density at radius 3 is 2.82 bits per heavy atom. The van der Waals surface area contributed by atoms with Crippen molar-refractivity contribution in [2.75, 3.05) is 24.3 Å². The molecule has 4 heteroatoms. The smallest absolute Gasteiger partial charge is 0.238 e. The van der Waals surface area contributed by atoms with Gasteiger partial charge in [-0.15, -0.1) is 0 Å². The standard InChI is InChI=1S/C13H21N3O/c1-9-6-7-16(10(2)8-9)12-5-4-11(14)13(15-12)17-3/h4-5,9-10H,6-8,14H2,1-3H3. The number of aromatic nitrogens is 1. The van der Waals surface area contributed by atoms with Crippen molar-refractivity contribution >= 4 is 11.5 Å². The minimum Gasteiger partial charge on any atom is -0.479 e. The van der Waals surface area contributed by atoms with Gasteiger partial charge in [-0.3, -0.25) is 0 Å². The number of nitrogens with zero attached hydrogens (tertiary/aromatic N) is 2. The molecule has 2 heterocycles. The van der Waals surface area contributed by atoms with Crippen molar-refractivity contribution in [2.45, 2.75) is 32.7 Å². The molecule has 0 amide bonds. The molecule has 4 nitrogen and oxygen atoms in total. The first-order chi connectivity index (χ1) is 8.11. The lowest BCUT2D eigenvalue weighted by Gasteiger charge is -2.37. The molecule has 1 fully saturated rings. The third-order valence-corrected chi connectivity index (χ3v) is 3.50. The molecule has 2 N–H and O–H groups in total. The highest BCUT2D eigenvalue weighted by molar-refractivity contribution is 5.55. The van der Waals surface area contributed by atoms with Crippen LogP contribution in [0, 0.1) is 5.92 Å². The fourth-order valence-corrected chi connectivity index (χ4v) is 2.51. The Kier molecular flexibility index (Phi) is 3.41. The fourth-order valence-electron chi connectivity index (χ4n) is 2.51. The van der Waals surface area contributed by atoms with Gasteiger partial charge in [-0.25, -0.2) is 0 Å². The number of hydrogen-bond acceptors (Lipinski definition) is 4. The summed E-state index contributed by atoms with van der Waals surface area (Å²) in [6.45, 7) is 5.62. The maximum absolute atomic E-state index is 5.78. The van der Waals surface area contributed by atoms with Gasteiger partial charge in [0, 0.05) is 12.6 Å². The second kappa shape index (κ2) is 4.82. The van der Waals surface area contributed by atoms with E-state index in [9.17, 15) is 0 Å². The third kappa shape index (κ3) is 2.46. The number of nitrogen functional groups attached to an aromatic ring is 1. The molecule has 0 saturated carbocycles. The van der Waals surface area contributed by atoms with E-state index in [0.717, 1.165) is 18.3 Å². The predicted molar refractivity (Wildman–Crippen MR) is 70.4 cm³/mol. The van der Waals surface area contributed by atoms with Gasteiger partial charge in [-0.2, -0.15) is 4.98 Å². The SMILES string of the molecule is COc1nc(N2CCC(C)CC2C)ccc1N. The molecule has 2 atom stereocenters. The number of methoxy groups -OCH3 is 1. The van der Waals surface area contributed by atoms with Crippen LogP contribution in [0.4, 0.5) is 11.5 Å². The normalized spacial score (nSPS) is 24.8. The Bertz CT molecular complexity index is 394. The van der Waals surface area contributed by atoms with Crippen LogP contribution in [0.2, 0.25) is 0 Å². The van der Waals surface area contributed by atoms with Gasteiger partial charge < -0.3 is 15.4 Å². The highest BCUT2D eigenvalue weighted by atomic mass is 16.5. The van der Waals surface area contributed by atoms with E-state index >= 15 is 0 Å². The Balaban J connectivity index is 2.22. The number of ether oxygens (including phenoxy) is 1. The van der Waals surface area contributed by atoms with Gasteiger partial charge in [-0.1, -0.05) is 6.92 Å². The molecular weight excluding hydrogens is 214 g/mol. The molecule has 0 spiro atoms. The van der Waals surface area contributed by atoms with Gasteiger partial charge >= 0.3 is 0 Å². The summed E-state index contributed by atoms with van der Waals surface area (Å²) in [5.74, 6) is 2.29. The molecule has 17 heavy (non-hydrogen) atoms. The molecule has 0 aromatic carbocycles. The number of anilines is 2. The zero-order valence-corrected chi connectivity index (χ0v) is 10.8. The zero-order chi connectivity index (χ0) is 12.4. The van der Waals surface area contributed by atoms with Crippen LogP contribution in [0.1, 0.15) is 26.7 Å². The van der Waals surface area contributed by atoms with Gasteiger partial charge in [0.2, 0.25) is 5.88 Å². The molecule has 1 saturated heterocycles. The fraction of sp³-hybridized carbons (Fsp3) is 0.615. The summed E-state index contributed by atoms with van der Waals surface area (Å²) < 4.78 is 5.17. The van der Waals surface area contributed by atoms with Crippen LogP contribution in [-0.4, -0.2) is 24.7 Å². The van der Waals surface area contributed by atoms with Crippen molar-refractivity contribution in [1.29, 1.82) is 0 Å². The summed E-state index contributed by atoms with van der Waals surface area (Å²) in [7, 11) is 1.60. The van der Waals surface area contributed by atoms with E-state index in [1.807, 2.05) is 12.1 Å². The van der Waals surface area contributed by atoms with Gasteiger partial charge in [0.25, 0.3) is 0 Å². The van der Waals surface area contributed by atoms with Gasteiger partial charge in [0.1, 0.15) is 5.82 Å². The van der Waals surface area contributed by atoms with Crippen molar-refractivity contribution in [3.63, 3.8) is 0 Å². The van der Waals surface area contributed by atoms with Crippen LogP contribution in [0.5, 0.6) is 5.88 Å². The largest absolute Gasteiger partial charge is 0.479 e. The Morgan fingerprint density at radius 2 is 2.18 bits per heavy atom. The topological polar surface area (TPSA) is 51.4 Å². The Morgan fingerprint density at radius 1 is 1.41 bits per heavy atom. The molecule has 1 aromatic heterocycles. The number of hydrogen-bond donors (Lipinski definition) is 1. The van der Waals surface area contributed by atoms with Gasteiger partial charge in [-0.05, 0) is 37.8 Å². The van der Waals surface area contributed by atoms with Crippen LogP contribution in [0.3, 0.4) is 0 Å². The summed E-state index contributed by atoms with van der Waals surface area (Å²) in [6, 6.07) is 4.37. The summed E-state index contributed by atoms with van der Waals surface area (Å²) in [4.78, 5) is 6.80. The highest BCUT2D eigenvalue weighted by Crippen LogP contribution is 2.29. The minimum atomic E-state index is 0.522. The van der Waals surface area contributed by atoms with Crippen LogP contribution in [0.25, 0.3) is 0 Å². The quantitative estimate of drug-likeness (QED) is 0.854. The van der Waals surface area contributed by atoms with Crippen molar-refractivity contribution < 1.29 is 4.74 Å². The molecule has 0 bridgehead atoms. The Labute approximate surface area is 103 Å². The van der Waals surface area contributed by atoms with E-state index in [-0.39, 0.29) is 0 Å². The molecule has 1 aliphatic rings. The maximum atomic E-state index is 5.78. The van der Waals surface area contributed by atoms with Crippen molar-refractivity contribution in [1.82, 2.24) is 4.98 Å². The van der Waals surface area contributed by atoms with E-state index in [2.05, 4.69) is 23.7 Å². The molecule has 2 rings (SSSR count). The van der Waals surface area contributed by atoms with E-state index < -0.39 is 0 Å². The minimum absolute atomic E-state index is 0.522. The molecule has 1 aromatic rings. The second-order valence-electron chi connectivity index (χ2n) is 4.94. The zero-order valence-electron chi connectivity index (χ0n) is 10.8. The number of pyridine rings is 1. The number of rotatable bonds is 2. The molecule has 1 aliphatic heterocycles. The average molecular weight is 235 g/mol. The number of piperidine rings is 1. The lowest BCUT2D eigenvalue weighted by Crippen LogP contribution is -2.40. The van der Waals surface area contributed by atoms with E-state index in [0.29, 0.717) is 17.6 Å².